The molecule has 0 heterocycles. The van der Waals surface area contributed by atoms with Crippen molar-refractivity contribution >= 4 is 5.91 Å². The molecule has 1 aliphatic rings. The second-order valence-electron chi connectivity index (χ2n) is 5.60. The van der Waals surface area contributed by atoms with E-state index in [0.717, 1.165) is 32.1 Å². The molecule has 1 aromatic rings. The minimum Gasteiger partial charge on any atom is -0.503 e. The molecule has 1 fully saturated rings. The van der Waals surface area contributed by atoms with Gasteiger partial charge in [-0.3, -0.25) is 4.79 Å². The summed E-state index contributed by atoms with van der Waals surface area (Å²) in [5.41, 5.74) is 4.93. The molecule has 1 unspecified atom stereocenters. The Kier molecular flexibility index (Phi) is 5.28. The van der Waals surface area contributed by atoms with Crippen molar-refractivity contribution in [3.05, 3.63) is 29.1 Å². The van der Waals surface area contributed by atoms with E-state index in [-0.39, 0.29) is 18.5 Å². The molecule has 1 aromatic carbocycles. The predicted molar refractivity (Wildman–Crippen MR) is 74.9 cm³/mol. The molecule has 122 valence electrons. The van der Waals surface area contributed by atoms with Crippen LogP contribution in [-0.4, -0.2) is 23.6 Å². The average molecular weight is 316 g/mol. The Hall–Kier alpha value is -1.76. The van der Waals surface area contributed by atoms with Gasteiger partial charge in [-0.15, -0.1) is 0 Å². The van der Waals surface area contributed by atoms with E-state index >= 15 is 0 Å². The molecule has 1 aliphatic carbocycles. The van der Waals surface area contributed by atoms with Crippen molar-refractivity contribution in [3.63, 3.8) is 0 Å². The molecule has 0 spiro atoms. The first-order valence-electron chi connectivity index (χ1n) is 7.33. The highest BCUT2D eigenvalue weighted by Gasteiger charge is 2.27. The standard InChI is InChI=1S/C15H19F3N2O2/c16-10-6-9(12(17)14(21)13(10)18)15(22)20-11(7-19)8-4-2-1-3-5-8/h6,8,11,21H,1-5,7,19H2,(H,20,22). The molecular formula is C15H19F3N2O2. The Bertz CT molecular complexity index is 560. The molecule has 7 heteroatoms. The lowest BCUT2D eigenvalue weighted by atomic mass is 9.84. The zero-order valence-electron chi connectivity index (χ0n) is 12.0. The molecule has 0 radical (unpaired) electrons. The highest BCUT2D eigenvalue weighted by atomic mass is 19.2. The number of nitrogens with one attached hydrogen (secondary N) is 1. The van der Waals surface area contributed by atoms with Gasteiger partial charge in [-0.1, -0.05) is 19.3 Å². The highest BCUT2D eigenvalue weighted by Crippen LogP contribution is 2.28. The first kappa shape index (κ1) is 16.6. The quantitative estimate of drug-likeness (QED) is 0.747. The smallest absolute Gasteiger partial charge is 0.254 e. The summed E-state index contributed by atoms with van der Waals surface area (Å²) in [6, 6.07) is 0.0798. The van der Waals surface area contributed by atoms with Crippen molar-refractivity contribution in [3.8, 4) is 5.75 Å². The molecule has 22 heavy (non-hydrogen) atoms. The fourth-order valence-corrected chi connectivity index (χ4v) is 2.91. The second kappa shape index (κ2) is 7.00. The van der Waals surface area contributed by atoms with E-state index in [2.05, 4.69) is 5.32 Å². The van der Waals surface area contributed by atoms with Crippen molar-refractivity contribution in [1.82, 2.24) is 5.32 Å². The van der Waals surface area contributed by atoms with Crippen molar-refractivity contribution in [2.24, 2.45) is 11.7 Å². The van der Waals surface area contributed by atoms with Gasteiger partial charge in [-0.2, -0.15) is 4.39 Å². The number of halogens is 3. The van der Waals surface area contributed by atoms with E-state index in [1.807, 2.05) is 0 Å². The van der Waals surface area contributed by atoms with Crippen molar-refractivity contribution in [2.75, 3.05) is 6.54 Å². The lowest BCUT2D eigenvalue weighted by molar-refractivity contribution is 0.0909. The van der Waals surface area contributed by atoms with Gasteiger partial charge in [-0.25, -0.2) is 8.78 Å². The number of carbonyl (C=O) groups is 1. The summed E-state index contributed by atoms with van der Waals surface area (Å²) in [4.78, 5) is 12.1. The van der Waals surface area contributed by atoms with Crippen LogP contribution in [0.2, 0.25) is 0 Å². The van der Waals surface area contributed by atoms with Crippen LogP contribution >= 0.6 is 0 Å². The Labute approximate surface area is 126 Å². The topological polar surface area (TPSA) is 75.3 Å². The molecule has 0 aliphatic heterocycles. The summed E-state index contributed by atoms with van der Waals surface area (Å²) >= 11 is 0. The Morgan fingerprint density at radius 1 is 1.27 bits per heavy atom. The zero-order valence-corrected chi connectivity index (χ0v) is 12.0. The van der Waals surface area contributed by atoms with E-state index in [1.54, 1.807) is 0 Å². The van der Waals surface area contributed by atoms with Gasteiger partial charge in [0.05, 0.1) is 5.56 Å². The average Bonchev–Trinajstić information content (AvgIpc) is 2.54. The zero-order chi connectivity index (χ0) is 16.3. The molecule has 4 N–H and O–H groups in total. The largest absolute Gasteiger partial charge is 0.503 e. The Balaban J connectivity index is 2.17. The van der Waals surface area contributed by atoms with Gasteiger partial charge in [0.2, 0.25) is 5.82 Å². The van der Waals surface area contributed by atoms with Crippen LogP contribution in [0.4, 0.5) is 13.2 Å². The van der Waals surface area contributed by atoms with Gasteiger partial charge < -0.3 is 16.2 Å². The third-order valence-corrected chi connectivity index (χ3v) is 4.17. The minimum absolute atomic E-state index is 0.174. The van der Waals surface area contributed by atoms with E-state index in [4.69, 9.17) is 10.8 Å². The lowest BCUT2D eigenvalue weighted by Crippen LogP contribution is -2.46. The second-order valence-corrected chi connectivity index (χ2v) is 5.60. The molecule has 1 atom stereocenters. The van der Waals surface area contributed by atoms with E-state index < -0.39 is 34.7 Å². The molecule has 4 nitrogen and oxygen atoms in total. The predicted octanol–water partition coefficient (Wildman–Crippen LogP) is 2.45. The molecule has 0 bridgehead atoms. The van der Waals surface area contributed by atoms with Gasteiger partial charge >= 0.3 is 0 Å². The third kappa shape index (κ3) is 3.35. The van der Waals surface area contributed by atoms with E-state index in [0.29, 0.717) is 6.07 Å². The van der Waals surface area contributed by atoms with Gasteiger partial charge in [0.1, 0.15) is 0 Å². The first-order chi connectivity index (χ1) is 10.5. The van der Waals surface area contributed by atoms with Crippen LogP contribution < -0.4 is 11.1 Å². The molecular weight excluding hydrogens is 297 g/mol. The number of phenols is 1. The molecule has 1 saturated carbocycles. The normalized spacial score (nSPS) is 17.3. The number of hydrogen-bond acceptors (Lipinski definition) is 3. The van der Waals surface area contributed by atoms with Crippen molar-refractivity contribution < 1.29 is 23.1 Å². The summed E-state index contributed by atoms with van der Waals surface area (Å²) in [6.45, 7) is 0.174. The number of carbonyl (C=O) groups excluding carboxylic acids is 1. The monoisotopic (exact) mass is 316 g/mol. The number of hydrogen-bond donors (Lipinski definition) is 3. The third-order valence-electron chi connectivity index (χ3n) is 4.17. The number of amides is 1. The number of nitrogens with two attached hydrogens (primary N) is 1. The summed E-state index contributed by atoms with van der Waals surface area (Å²) < 4.78 is 40.0. The van der Waals surface area contributed by atoms with Gasteiger partial charge in [-0.05, 0) is 24.8 Å². The van der Waals surface area contributed by atoms with Gasteiger partial charge in [0.25, 0.3) is 5.91 Å². The fraction of sp³-hybridized carbons (Fsp3) is 0.533. The summed E-state index contributed by atoms with van der Waals surface area (Å²) in [6.07, 6.45) is 5.03. The van der Waals surface area contributed by atoms with Crippen LogP contribution in [0.5, 0.6) is 5.75 Å². The number of benzene rings is 1. The van der Waals surface area contributed by atoms with Crippen LogP contribution in [0.3, 0.4) is 0 Å². The summed E-state index contributed by atoms with van der Waals surface area (Å²) in [7, 11) is 0. The van der Waals surface area contributed by atoms with Crippen LogP contribution in [0, 0.1) is 23.4 Å². The summed E-state index contributed by atoms with van der Waals surface area (Å²) in [5.74, 6) is -6.89. The molecule has 0 saturated heterocycles. The first-order valence-corrected chi connectivity index (χ1v) is 7.33. The minimum atomic E-state index is -1.71. The summed E-state index contributed by atoms with van der Waals surface area (Å²) in [5, 5.41) is 11.7. The Morgan fingerprint density at radius 3 is 2.50 bits per heavy atom. The van der Waals surface area contributed by atoms with E-state index in [9.17, 15) is 18.0 Å². The highest BCUT2D eigenvalue weighted by molar-refractivity contribution is 5.95. The van der Waals surface area contributed by atoms with E-state index in [1.165, 1.54) is 0 Å². The lowest BCUT2D eigenvalue weighted by Gasteiger charge is -2.30. The van der Waals surface area contributed by atoms with Crippen molar-refractivity contribution in [1.29, 1.82) is 0 Å². The molecule has 2 rings (SSSR count). The van der Waals surface area contributed by atoms with Crippen LogP contribution in [0.25, 0.3) is 0 Å². The van der Waals surface area contributed by atoms with Gasteiger partial charge in [0, 0.05) is 12.6 Å². The maximum Gasteiger partial charge on any atom is 0.254 e. The van der Waals surface area contributed by atoms with Crippen LogP contribution in [0.1, 0.15) is 42.5 Å². The maximum atomic E-state index is 13.7. The number of rotatable bonds is 4. The van der Waals surface area contributed by atoms with Gasteiger partial charge in [0.15, 0.2) is 17.4 Å². The SMILES string of the molecule is NCC(NC(=O)c1cc(F)c(F)c(O)c1F)C1CCCCC1. The Morgan fingerprint density at radius 2 is 1.91 bits per heavy atom. The maximum absolute atomic E-state index is 13.7. The van der Waals surface area contributed by atoms with Crippen molar-refractivity contribution in [2.45, 2.75) is 38.1 Å². The molecule has 0 aromatic heterocycles. The van der Waals surface area contributed by atoms with Crippen LogP contribution in [0.15, 0.2) is 6.07 Å². The number of phenolic OH excluding ortho intramolecular Hbond substituents is 1. The molecule has 1 amide bonds. The number of aromatic hydroxyl groups is 1. The fourth-order valence-electron chi connectivity index (χ4n) is 2.91. The van der Waals surface area contributed by atoms with Crippen LogP contribution in [-0.2, 0) is 0 Å².